The minimum Gasteiger partial charge on any atom is -0.356 e. The molecule has 3 atom stereocenters. The molecule has 0 aliphatic heterocycles. The lowest BCUT2D eigenvalue weighted by molar-refractivity contribution is -0.122. The molecular weight excluding hydrogens is 318 g/mol. The smallest absolute Gasteiger partial charge is 0.220 e. The zero-order chi connectivity index (χ0) is 17.8. The van der Waals surface area contributed by atoms with E-state index in [4.69, 9.17) is 0 Å². The summed E-state index contributed by atoms with van der Waals surface area (Å²) in [6.07, 6.45) is 7.10. The van der Waals surface area contributed by atoms with E-state index in [1.807, 2.05) is 0 Å². The van der Waals surface area contributed by atoms with Crippen LogP contribution in [0.4, 0.5) is 0 Å². The standard InChI is InChI=1S/C24H29NO/c26-24(17-22-16-18-11-12-21(22)15-18)25-14-13-23(19-7-3-1-4-8-19)20-9-5-2-6-10-20/h1-10,18,21-23H,11-17H2,(H,25,26). The van der Waals surface area contributed by atoms with Crippen LogP contribution in [0, 0.1) is 17.8 Å². The van der Waals surface area contributed by atoms with Crippen molar-refractivity contribution in [1.82, 2.24) is 5.32 Å². The third-order valence-corrected chi connectivity index (χ3v) is 6.49. The predicted octanol–water partition coefficient (Wildman–Crippen LogP) is 5.15. The number of carbonyl (C=O) groups excluding carboxylic acids is 1. The van der Waals surface area contributed by atoms with Gasteiger partial charge in [0.05, 0.1) is 0 Å². The number of rotatable bonds is 7. The summed E-state index contributed by atoms with van der Waals surface area (Å²) in [6, 6.07) is 21.3. The highest BCUT2D eigenvalue weighted by molar-refractivity contribution is 5.76. The molecule has 0 aromatic heterocycles. The lowest BCUT2D eigenvalue weighted by Gasteiger charge is -2.22. The van der Waals surface area contributed by atoms with Crippen molar-refractivity contribution >= 4 is 5.91 Å². The maximum atomic E-state index is 12.4. The van der Waals surface area contributed by atoms with Gasteiger partial charge in [0, 0.05) is 18.9 Å². The number of amides is 1. The minimum absolute atomic E-state index is 0.252. The second kappa shape index (κ2) is 8.07. The molecule has 2 nitrogen and oxygen atoms in total. The van der Waals surface area contributed by atoms with Gasteiger partial charge in [-0.3, -0.25) is 4.79 Å². The summed E-state index contributed by atoms with van der Waals surface area (Å²) in [6.45, 7) is 0.744. The topological polar surface area (TPSA) is 29.1 Å². The van der Waals surface area contributed by atoms with E-state index < -0.39 is 0 Å². The first kappa shape index (κ1) is 17.3. The molecule has 2 heteroatoms. The van der Waals surface area contributed by atoms with Crippen LogP contribution in [0.15, 0.2) is 60.7 Å². The van der Waals surface area contributed by atoms with Gasteiger partial charge >= 0.3 is 0 Å². The summed E-state index contributed by atoms with van der Waals surface area (Å²) in [5.74, 6) is 2.97. The Morgan fingerprint density at radius 1 is 0.923 bits per heavy atom. The molecule has 2 aliphatic rings. The van der Waals surface area contributed by atoms with Gasteiger partial charge in [-0.15, -0.1) is 0 Å². The maximum Gasteiger partial charge on any atom is 0.220 e. The van der Waals surface area contributed by atoms with Crippen molar-refractivity contribution in [3.05, 3.63) is 71.8 Å². The van der Waals surface area contributed by atoms with Gasteiger partial charge in [-0.05, 0) is 54.6 Å². The van der Waals surface area contributed by atoms with Crippen molar-refractivity contribution in [2.24, 2.45) is 17.8 Å². The first-order chi connectivity index (χ1) is 12.8. The Balaban J connectivity index is 1.32. The van der Waals surface area contributed by atoms with Crippen molar-refractivity contribution in [2.45, 2.75) is 44.4 Å². The molecule has 2 aliphatic carbocycles. The predicted molar refractivity (Wildman–Crippen MR) is 106 cm³/mol. The fourth-order valence-corrected chi connectivity index (χ4v) is 5.19. The average Bonchev–Trinajstić information content (AvgIpc) is 3.30. The van der Waals surface area contributed by atoms with Crippen molar-refractivity contribution in [3.8, 4) is 0 Å². The number of benzene rings is 2. The molecular formula is C24H29NO. The fraction of sp³-hybridized carbons (Fsp3) is 0.458. The molecule has 2 fully saturated rings. The maximum absolute atomic E-state index is 12.4. The molecule has 2 bridgehead atoms. The third-order valence-electron chi connectivity index (χ3n) is 6.49. The number of carbonyl (C=O) groups is 1. The average molecular weight is 348 g/mol. The summed E-state index contributed by atoms with van der Waals surface area (Å²) >= 11 is 0. The highest BCUT2D eigenvalue weighted by Gasteiger charge is 2.40. The van der Waals surface area contributed by atoms with Crippen molar-refractivity contribution < 1.29 is 4.79 Å². The van der Waals surface area contributed by atoms with E-state index in [2.05, 4.69) is 66.0 Å². The van der Waals surface area contributed by atoms with Gasteiger partial charge in [0.15, 0.2) is 0 Å². The molecule has 2 aromatic rings. The first-order valence-corrected chi connectivity index (χ1v) is 10.2. The SMILES string of the molecule is O=C(CC1CC2CCC1C2)NCCC(c1ccccc1)c1ccccc1. The number of nitrogens with one attached hydrogen (secondary N) is 1. The molecule has 2 saturated carbocycles. The second-order valence-electron chi connectivity index (χ2n) is 8.15. The molecule has 0 saturated heterocycles. The van der Waals surface area contributed by atoms with Gasteiger partial charge in [-0.2, -0.15) is 0 Å². The zero-order valence-corrected chi connectivity index (χ0v) is 15.4. The van der Waals surface area contributed by atoms with E-state index in [0.29, 0.717) is 11.8 Å². The zero-order valence-electron chi connectivity index (χ0n) is 15.4. The minimum atomic E-state index is 0.252. The lowest BCUT2D eigenvalue weighted by atomic mass is 9.86. The van der Waals surface area contributed by atoms with Crippen LogP contribution in [0.1, 0.15) is 55.6 Å². The van der Waals surface area contributed by atoms with Crippen molar-refractivity contribution in [1.29, 1.82) is 0 Å². The number of hydrogen-bond acceptors (Lipinski definition) is 1. The normalized spacial score (nSPS) is 24.1. The van der Waals surface area contributed by atoms with Gasteiger partial charge in [-0.25, -0.2) is 0 Å². The van der Waals surface area contributed by atoms with Crippen molar-refractivity contribution in [3.63, 3.8) is 0 Å². The van der Waals surface area contributed by atoms with Gasteiger partial charge in [-0.1, -0.05) is 67.1 Å². The van der Waals surface area contributed by atoms with Crippen LogP contribution >= 0.6 is 0 Å². The van der Waals surface area contributed by atoms with E-state index in [1.165, 1.54) is 36.8 Å². The first-order valence-electron chi connectivity index (χ1n) is 10.2. The van der Waals surface area contributed by atoms with Gasteiger partial charge in [0.1, 0.15) is 0 Å². The molecule has 1 amide bonds. The van der Waals surface area contributed by atoms with Crippen LogP contribution in [0.5, 0.6) is 0 Å². The summed E-state index contributed by atoms with van der Waals surface area (Å²) in [5.41, 5.74) is 2.64. The Morgan fingerprint density at radius 2 is 1.58 bits per heavy atom. The van der Waals surface area contributed by atoms with E-state index in [-0.39, 0.29) is 5.91 Å². The van der Waals surface area contributed by atoms with Crippen LogP contribution in [0.25, 0.3) is 0 Å². The Bertz CT molecular complexity index is 672. The number of hydrogen-bond donors (Lipinski definition) is 1. The Labute approximate surface area is 157 Å². The van der Waals surface area contributed by atoms with Gasteiger partial charge in [0.25, 0.3) is 0 Å². The van der Waals surface area contributed by atoms with Gasteiger partial charge in [0.2, 0.25) is 5.91 Å². The van der Waals surface area contributed by atoms with E-state index in [0.717, 1.165) is 31.2 Å². The second-order valence-corrected chi connectivity index (χ2v) is 8.15. The van der Waals surface area contributed by atoms with E-state index in [1.54, 1.807) is 0 Å². The van der Waals surface area contributed by atoms with Crippen LogP contribution < -0.4 is 5.32 Å². The molecule has 4 rings (SSSR count). The Kier molecular flexibility index (Phi) is 5.38. The molecule has 26 heavy (non-hydrogen) atoms. The van der Waals surface area contributed by atoms with Crippen molar-refractivity contribution in [2.75, 3.05) is 6.54 Å². The largest absolute Gasteiger partial charge is 0.356 e. The quantitative estimate of drug-likeness (QED) is 0.737. The molecule has 3 unspecified atom stereocenters. The van der Waals surface area contributed by atoms with Crippen LogP contribution in [0.2, 0.25) is 0 Å². The van der Waals surface area contributed by atoms with Crippen LogP contribution in [-0.2, 0) is 4.79 Å². The van der Waals surface area contributed by atoms with Crippen LogP contribution in [0.3, 0.4) is 0 Å². The molecule has 2 aromatic carbocycles. The van der Waals surface area contributed by atoms with E-state index >= 15 is 0 Å². The Morgan fingerprint density at radius 3 is 2.12 bits per heavy atom. The van der Waals surface area contributed by atoms with Crippen LogP contribution in [-0.4, -0.2) is 12.5 Å². The molecule has 0 heterocycles. The highest BCUT2D eigenvalue weighted by atomic mass is 16.1. The lowest BCUT2D eigenvalue weighted by Crippen LogP contribution is -2.29. The molecule has 0 radical (unpaired) electrons. The molecule has 1 N–H and O–H groups in total. The third kappa shape index (κ3) is 4.00. The summed E-state index contributed by atoms with van der Waals surface area (Å²) in [5, 5.41) is 3.20. The Hall–Kier alpha value is -2.09. The van der Waals surface area contributed by atoms with E-state index in [9.17, 15) is 4.79 Å². The molecule has 0 spiro atoms. The number of fused-ring (bicyclic) bond motifs is 2. The molecule has 136 valence electrons. The fourth-order valence-electron chi connectivity index (χ4n) is 5.19. The summed E-state index contributed by atoms with van der Waals surface area (Å²) in [4.78, 5) is 12.4. The summed E-state index contributed by atoms with van der Waals surface area (Å²) in [7, 11) is 0. The highest BCUT2D eigenvalue weighted by Crippen LogP contribution is 2.49. The summed E-state index contributed by atoms with van der Waals surface area (Å²) < 4.78 is 0. The monoisotopic (exact) mass is 347 g/mol. The van der Waals surface area contributed by atoms with Gasteiger partial charge < -0.3 is 5.32 Å².